The van der Waals surface area contributed by atoms with Crippen LogP contribution < -0.4 is 5.32 Å². The largest absolute Gasteiger partial charge is 0.331 e. The summed E-state index contributed by atoms with van der Waals surface area (Å²) in [5, 5.41) is 6.09. The summed E-state index contributed by atoms with van der Waals surface area (Å²) in [5.74, 6) is 0.633. The first-order chi connectivity index (χ1) is 15.9. The van der Waals surface area contributed by atoms with Gasteiger partial charge in [-0.3, -0.25) is 4.99 Å². The number of alkyl halides is 1. The maximum Gasteiger partial charge on any atom is 0.124 e. The maximum atomic E-state index is 13.9. The molecule has 2 unspecified atom stereocenters. The van der Waals surface area contributed by atoms with Crippen molar-refractivity contribution in [3.05, 3.63) is 81.3 Å². The quantitative estimate of drug-likeness (QED) is 0.576. The Hall–Kier alpha value is -2.22. The molecule has 33 heavy (non-hydrogen) atoms. The minimum absolute atomic E-state index is 0.225. The van der Waals surface area contributed by atoms with Gasteiger partial charge in [-0.1, -0.05) is 23.7 Å². The molecule has 0 bridgehead atoms. The molecule has 4 aliphatic rings. The normalized spacial score (nSPS) is 28.6. The van der Waals surface area contributed by atoms with E-state index >= 15 is 0 Å². The maximum absolute atomic E-state index is 13.9. The Morgan fingerprint density at radius 2 is 2.18 bits per heavy atom. The fourth-order valence-electron chi connectivity index (χ4n) is 4.74. The molecule has 8 heteroatoms. The van der Waals surface area contributed by atoms with Gasteiger partial charge >= 0.3 is 0 Å². The number of hydrogen-bond acceptors (Lipinski definition) is 5. The van der Waals surface area contributed by atoms with Crippen LogP contribution in [0.5, 0.6) is 0 Å². The molecule has 172 valence electrons. The second kappa shape index (κ2) is 9.20. The van der Waals surface area contributed by atoms with Gasteiger partial charge in [0.2, 0.25) is 0 Å². The molecule has 0 aliphatic carbocycles. The number of nitrogens with one attached hydrogen (secondary N) is 1. The van der Waals surface area contributed by atoms with Gasteiger partial charge in [-0.05, 0) is 56.2 Å². The minimum atomic E-state index is -1.09. The molecule has 0 radical (unpaired) electrons. The predicted molar refractivity (Wildman–Crippen MR) is 133 cm³/mol. The molecule has 1 aromatic carbocycles. The van der Waals surface area contributed by atoms with Crippen LogP contribution in [0.15, 0.2) is 74.9 Å². The third kappa shape index (κ3) is 4.34. The molecule has 1 fully saturated rings. The first kappa shape index (κ1) is 22.6. The fourth-order valence-corrected chi connectivity index (χ4v) is 5.96. The Kier molecular flexibility index (Phi) is 6.29. The molecule has 1 saturated heterocycles. The van der Waals surface area contributed by atoms with Crippen molar-refractivity contribution in [3.63, 3.8) is 0 Å². The number of halogens is 3. The van der Waals surface area contributed by atoms with Crippen molar-refractivity contribution in [2.75, 3.05) is 13.6 Å². The van der Waals surface area contributed by atoms with Crippen LogP contribution in [0.3, 0.4) is 0 Å². The minimum Gasteiger partial charge on any atom is -0.331 e. The smallest absolute Gasteiger partial charge is 0.124 e. The number of amidine groups is 1. The van der Waals surface area contributed by atoms with Crippen molar-refractivity contribution in [2.45, 2.75) is 43.3 Å². The second-order valence-corrected chi connectivity index (χ2v) is 10.1. The van der Waals surface area contributed by atoms with Crippen LogP contribution in [0.1, 0.15) is 31.4 Å². The van der Waals surface area contributed by atoms with E-state index in [2.05, 4.69) is 21.7 Å². The van der Waals surface area contributed by atoms with Gasteiger partial charge in [-0.2, -0.15) is 0 Å². The molecule has 1 aromatic rings. The number of likely N-dealkylation sites (N-methyl/N-ethyl adjacent to an activating group) is 1. The van der Waals surface area contributed by atoms with Crippen molar-refractivity contribution >= 4 is 34.9 Å². The van der Waals surface area contributed by atoms with Crippen LogP contribution >= 0.6 is 23.4 Å². The van der Waals surface area contributed by atoms with Crippen molar-refractivity contribution in [3.8, 4) is 0 Å². The molecule has 5 rings (SSSR count). The van der Waals surface area contributed by atoms with Gasteiger partial charge in [0.1, 0.15) is 23.9 Å². The molecule has 1 N–H and O–H groups in total. The molecule has 0 saturated carbocycles. The Balaban J connectivity index is 1.67. The van der Waals surface area contributed by atoms with E-state index < -0.39 is 12.2 Å². The standard InChI is InChI=1S/C25H25ClF2N4S/c1-14(27)10-16-6-8-20(30-16)23-21-12-17(29-2)13-32(21)25(22-4-3-9-33-22)31-24(23)18-7-5-15(28)11-19(18)26/h3,5-11,14,17,22,24,29H,4,12-13H2,1-2H3/b16-10+/t14?,17-,22?,24-/m0/s1. The van der Waals surface area contributed by atoms with E-state index in [0.717, 1.165) is 47.8 Å². The molecule has 4 aliphatic heterocycles. The van der Waals surface area contributed by atoms with E-state index in [9.17, 15) is 8.78 Å². The number of allylic oxidation sites excluding steroid dienone is 4. The van der Waals surface area contributed by atoms with Gasteiger partial charge in [0.05, 0.1) is 16.7 Å². The first-order valence-electron chi connectivity index (χ1n) is 11.1. The van der Waals surface area contributed by atoms with Gasteiger partial charge in [0.25, 0.3) is 0 Å². The van der Waals surface area contributed by atoms with E-state index in [1.54, 1.807) is 17.8 Å². The summed E-state index contributed by atoms with van der Waals surface area (Å²) in [6, 6.07) is 4.32. The lowest BCUT2D eigenvalue weighted by molar-refractivity contribution is 0.429. The zero-order chi connectivity index (χ0) is 23.1. The predicted octanol–water partition coefficient (Wildman–Crippen LogP) is 5.75. The average Bonchev–Trinajstić information content (AvgIpc) is 3.53. The SMILES string of the molecule is CN[C@H]1CC2=C(C3=N/C(=C/C(C)F)C=C3)[C@H](c3ccc(F)cc3Cl)N=C(C3CC=CS3)N2C1. The van der Waals surface area contributed by atoms with Crippen LogP contribution in [-0.4, -0.2) is 47.5 Å². The third-order valence-electron chi connectivity index (χ3n) is 6.27. The highest BCUT2D eigenvalue weighted by Gasteiger charge is 2.42. The zero-order valence-electron chi connectivity index (χ0n) is 18.4. The monoisotopic (exact) mass is 486 g/mol. The number of aliphatic imine (C=N–C) groups is 2. The van der Waals surface area contributed by atoms with Gasteiger partial charge < -0.3 is 10.2 Å². The average molecular weight is 487 g/mol. The van der Waals surface area contributed by atoms with Gasteiger partial charge in [-0.15, -0.1) is 11.8 Å². The molecular formula is C25H25ClF2N4S. The molecule has 4 nitrogen and oxygen atoms in total. The van der Waals surface area contributed by atoms with Crippen molar-refractivity contribution in [1.29, 1.82) is 0 Å². The summed E-state index contributed by atoms with van der Waals surface area (Å²) in [7, 11) is 1.97. The van der Waals surface area contributed by atoms with Crippen LogP contribution in [0.25, 0.3) is 0 Å². The van der Waals surface area contributed by atoms with Crippen molar-refractivity contribution in [2.24, 2.45) is 9.98 Å². The molecule has 4 atom stereocenters. The zero-order valence-corrected chi connectivity index (χ0v) is 20.0. The molecular weight excluding hydrogens is 462 g/mol. The van der Waals surface area contributed by atoms with Gasteiger partial charge in [-0.25, -0.2) is 13.8 Å². The highest BCUT2D eigenvalue weighted by atomic mass is 35.5. The van der Waals surface area contributed by atoms with E-state index in [4.69, 9.17) is 21.6 Å². The molecule has 0 amide bonds. The van der Waals surface area contributed by atoms with E-state index in [-0.39, 0.29) is 17.1 Å². The topological polar surface area (TPSA) is 40.0 Å². The number of fused-ring (bicyclic) bond motifs is 1. The lowest BCUT2D eigenvalue weighted by atomic mass is 9.90. The van der Waals surface area contributed by atoms with Crippen molar-refractivity contribution in [1.82, 2.24) is 10.2 Å². The second-order valence-electron chi connectivity index (χ2n) is 8.55. The Bertz CT molecular complexity index is 1140. The third-order valence-corrected chi connectivity index (χ3v) is 7.68. The summed E-state index contributed by atoms with van der Waals surface area (Å²) in [6.07, 6.45) is 8.05. The summed E-state index contributed by atoms with van der Waals surface area (Å²) in [5.41, 5.74) is 4.19. The van der Waals surface area contributed by atoms with Crippen LogP contribution in [0.2, 0.25) is 5.02 Å². The summed E-state index contributed by atoms with van der Waals surface area (Å²) in [4.78, 5) is 12.3. The molecule has 0 spiro atoms. The number of nitrogens with zero attached hydrogens (tertiary/aromatic N) is 3. The Labute approximate surface area is 201 Å². The van der Waals surface area contributed by atoms with Gasteiger partial charge in [0.15, 0.2) is 0 Å². The number of benzene rings is 1. The van der Waals surface area contributed by atoms with Crippen LogP contribution in [0.4, 0.5) is 8.78 Å². The van der Waals surface area contributed by atoms with Crippen LogP contribution in [-0.2, 0) is 0 Å². The summed E-state index contributed by atoms with van der Waals surface area (Å²) < 4.78 is 27.5. The van der Waals surface area contributed by atoms with E-state index in [0.29, 0.717) is 10.7 Å². The summed E-state index contributed by atoms with van der Waals surface area (Å²) in [6.45, 7) is 2.30. The number of rotatable bonds is 5. The Morgan fingerprint density at radius 3 is 2.88 bits per heavy atom. The lowest BCUT2D eigenvalue weighted by Gasteiger charge is -2.35. The summed E-state index contributed by atoms with van der Waals surface area (Å²) >= 11 is 8.31. The molecule has 4 heterocycles. The highest BCUT2D eigenvalue weighted by Crippen LogP contribution is 2.44. The van der Waals surface area contributed by atoms with E-state index in [1.165, 1.54) is 25.1 Å². The fraction of sp³-hybridized carbons (Fsp3) is 0.360. The number of thioether (sulfide) groups is 1. The highest BCUT2D eigenvalue weighted by molar-refractivity contribution is 8.03. The van der Waals surface area contributed by atoms with Crippen LogP contribution in [0, 0.1) is 5.82 Å². The van der Waals surface area contributed by atoms with E-state index in [1.807, 2.05) is 19.2 Å². The number of hydrogen-bond donors (Lipinski definition) is 1. The van der Waals surface area contributed by atoms with Gasteiger partial charge in [0, 0.05) is 40.9 Å². The first-order valence-corrected chi connectivity index (χ1v) is 12.4. The lowest BCUT2D eigenvalue weighted by Crippen LogP contribution is -2.40. The van der Waals surface area contributed by atoms with Crippen molar-refractivity contribution < 1.29 is 8.78 Å². The molecule has 0 aromatic heterocycles. The Morgan fingerprint density at radius 1 is 1.33 bits per heavy atom.